The van der Waals surface area contributed by atoms with Crippen molar-refractivity contribution in [1.29, 1.82) is 0 Å². The first-order valence-corrected chi connectivity index (χ1v) is 5.79. The Morgan fingerprint density at radius 1 is 1.71 bits per heavy atom. The van der Waals surface area contributed by atoms with E-state index in [0.717, 1.165) is 6.42 Å². The summed E-state index contributed by atoms with van der Waals surface area (Å²) in [7, 11) is 1.75. The summed E-state index contributed by atoms with van der Waals surface area (Å²) in [5.74, 6) is 0.803. The van der Waals surface area contributed by atoms with Crippen LogP contribution in [0.5, 0.6) is 0 Å². The summed E-state index contributed by atoms with van der Waals surface area (Å²) in [5, 5.41) is 12.0. The number of carbonyl (C=O) groups excluding carboxylic acids is 1. The van der Waals surface area contributed by atoms with E-state index < -0.39 is 0 Å². The van der Waals surface area contributed by atoms with Crippen molar-refractivity contribution in [1.82, 2.24) is 9.88 Å². The zero-order valence-electron chi connectivity index (χ0n) is 9.89. The molecule has 1 aromatic heterocycles. The molecule has 1 atom stereocenters. The van der Waals surface area contributed by atoms with Crippen LogP contribution in [0.4, 0.5) is 5.82 Å². The molecule has 1 aliphatic rings. The summed E-state index contributed by atoms with van der Waals surface area (Å²) in [6.07, 6.45) is 2.53. The van der Waals surface area contributed by atoms with E-state index in [0.29, 0.717) is 24.5 Å². The molecule has 1 unspecified atom stereocenters. The van der Waals surface area contributed by atoms with Gasteiger partial charge in [0.2, 0.25) is 0 Å². The number of amides is 1. The molecule has 1 aromatic rings. The lowest BCUT2D eigenvalue weighted by Gasteiger charge is -2.17. The fraction of sp³-hybridized carbons (Fsp3) is 0.500. The number of rotatable bonds is 3. The van der Waals surface area contributed by atoms with Gasteiger partial charge in [-0.1, -0.05) is 0 Å². The van der Waals surface area contributed by atoms with Crippen molar-refractivity contribution in [3.05, 3.63) is 23.9 Å². The molecule has 1 fully saturated rings. The van der Waals surface area contributed by atoms with Gasteiger partial charge in [0.05, 0.1) is 5.56 Å². The Morgan fingerprint density at radius 3 is 3.18 bits per heavy atom. The largest absolute Gasteiger partial charge is 0.396 e. The molecular weight excluding hydrogens is 218 g/mol. The lowest BCUT2D eigenvalue weighted by molar-refractivity contribution is 0.0782. The third-order valence-corrected chi connectivity index (χ3v) is 3.11. The molecule has 92 valence electrons. The van der Waals surface area contributed by atoms with E-state index in [4.69, 9.17) is 5.11 Å². The van der Waals surface area contributed by atoms with E-state index in [1.54, 1.807) is 30.3 Å². The van der Waals surface area contributed by atoms with Crippen LogP contribution in [0.3, 0.4) is 0 Å². The number of pyridine rings is 1. The molecule has 0 aliphatic carbocycles. The van der Waals surface area contributed by atoms with Crippen LogP contribution in [-0.2, 0) is 0 Å². The number of carbonyl (C=O) groups is 1. The highest BCUT2D eigenvalue weighted by Crippen LogP contribution is 2.20. The van der Waals surface area contributed by atoms with Crippen LogP contribution in [0.15, 0.2) is 18.3 Å². The van der Waals surface area contributed by atoms with Crippen LogP contribution in [0, 0.1) is 5.92 Å². The van der Waals surface area contributed by atoms with Gasteiger partial charge in [0, 0.05) is 38.9 Å². The quantitative estimate of drug-likeness (QED) is 0.804. The summed E-state index contributed by atoms with van der Waals surface area (Å²) in [4.78, 5) is 18.1. The van der Waals surface area contributed by atoms with E-state index in [2.05, 4.69) is 10.3 Å². The Balaban J connectivity index is 2.15. The Kier molecular flexibility index (Phi) is 3.58. The summed E-state index contributed by atoms with van der Waals surface area (Å²) in [6.45, 7) is 1.49. The number of aromatic nitrogens is 1. The highest BCUT2D eigenvalue weighted by molar-refractivity contribution is 5.98. The molecule has 0 bridgehead atoms. The molecule has 0 saturated carbocycles. The lowest BCUT2D eigenvalue weighted by Crippen LogP contribution is -2.29. The van der Waals surface area contributed by atoms with Crippen molar-refractivity contribution in [3.63, 3.8) is 0 Å². The maximum atomic E-state index is 12.3. The second kappa shape index (κ2) is 5.14. The number of hydrogen-bond donors (Lipinski definition) is 2. The molecule has 5 nitrogen and oxygen atoms in total. The van der Waals surface area contributed by atoms with Gasteiger partial charge < -0.3 is 15.3 Å². The molecule has 0 radical (unpaired) electrons. The first-order valence-electron chi connectivity index (χ1n) is 5.79. The van der Waals surface area contributed by atoms with Crippen molar-refractivity contribution >= 4 is 11.7 Å². The Labute approximate surface area is 100 Å². The highest BCUT2D eigenvalue weighted by atomic mass is 16.3. The van der Waals surface area contributed by atoms with Gasteiger partial charge >= 0.3 is 0 Å². The van der Waals surface area contributed by atoms with Gasteiger partial charge in [-0.15, -0.1) is 0 Å². The smallest absolute Gasteiger partial charge is 0.257 e. The molecule has 0 aromatic carbocycles. The van der Waals surface area contributed by atoms with Crippen LogP contribution in [0.2, 0.25) is 0 Å². The van der Waals surface area contributed by atoms with E-state index >= 15 is 0 Å². The molecule has 17 heavy (non-hydrogen) atoms. The SMILES string of the molecule is CNc1ncccc1C(=O)N1CCC(CO)C1. The molecule has 1 saturated heterocycles. The van der Waals surface area contributed by atoms with Crippen molar-refractivity contribution < 1.29 is 9.90 Å². The summed E-state index contributed by atoms with van der Waals surface area (Å²) >= 11 is 0. The summed E-state index contributed by atoms with van der Waals surface area (Å²) in [6, 6.07) is 3.53. The monoisotopic (exact) mass is 235 g/mol. The number of nitrogens with zero attached hydrogens (tertiary/aromatic N) is 2. The molecule has 5 heteroatoms. The van der Waals surface area contributed by atoms with E-state index in [1.807, 2.05) is 0 Å². The van der Waals surface area contributed by atoms with Crippen LogP contribution in [-0.4, -0.2) is 47.6 Å². The molecule has 2 rings (SSSR count). The predicted octanol–water partition coefficient (Wildman–Crippen LogP) is 0.578. The minimum Gasteiger partial charge on any atom is -0.396 e. The van der Waals surface area contributed by atoms with Gasteiger partial charge in [0.15, 0.2) is 0 Å². The fourth-order valence-electron chi connectivity index (χ4n) is 2.11. The maximum Gasteiger partial charge on any atom is 0.257 e. The Hall–Kier alpha value is -1.62. The third kappa shape index (κ3) is 2.39. The average Bonchev–Trinajstić information content (AvgIpc) is 2.86. The number of hydrogen-bond acceptors (Lipinski definition) is 4. The summed E-state index contributed by atoms with van der Waals surface area (Å²) in [5.41, 5.74) is 0.591. The minimum absolute atomic E-state index is 0.0154. The normalized spacial score (nSPS) is 19.4. The third-order valence-electron chi connectivity index (χ3n) is 3.11. The molecule has 1 amide bonds. The minimum atomic E-state index is -0.0154. The second-order valence-electron chi connectivity index (χ2n) is 4.24. The highest BCUT2D eigenvalue weighted by Gasteiger charge is 2.27. The fourth-order valence-corrected chi connectivity index (χ4v) is 2.11. The van der Waals surface area contributed by atoms with E-state index in [9.17, 15) is 4.79 Å². The van der Waals surface area contributed by atoms with Crippen molar-refractivity contribution in [2.24, 2.45) is 5.92 Å². The first-order chi connectivity index (χ1) is 8.26. The molecular formula is C12H17N3O2. The maximum absolute atomic E-state index is 12.3. The molecule has 2 heterocycles. The standard InChI is InChI=1S/C12H17N3O2/c1-13-11-10(3-2-5-14-11)12(17)15-6-4-9(7-15)8-16/h2-3,5,9,16H,4,6-8H2,1H3,(H,13,14). The summed E-state index contributed by atoms with van der Waals surface area (Å²) < 4.78 is 0. The molecule has 0 spiro atoms. The van der Waals surface area contributed by atoms with Crippen molar-refractivity contribution in [2.75, 3.05) is 32.1 Å². The second-order valence-corrected chi connectivity index (χ2v) is 4.24. The van der Waals surface area contributed by atoms with Gasteiger partial charge in [0.25, 0.3) is 5.91 Å². The van der Waals surface area contributed by atoms with Gasteiger partial charge in [-0.05, 0) is 18.6 Å². The van der Waals surface area contributed by atoms with E-state index in [-0.39, 0.29) is 18.4 Å². The number of likely N-dealkylation sites (tertiary alicyclic amines) is 1. The van der Waals surface area contributed by atoms with Gasteiger partial charge in [-0.25, -0.2) is 4.98 Å². The zero-order valence-corrected chi connectivity index (χ0v) is 9.89. The number of aliphatic hydroxyl groups excluding tert-OH is 1. The van der Waals surface area contributed by atoms with Gasteiger partial charge in [0.1, 0.15) is 5.82 Å². The molecule has 2 N–H and O–H groups in total. The first kappa shape index (κ1) is 11.9. The molecule has 1 aliphatic heterocycles. The Bertz CT molecular complexity index is 408. The van der Waals surface area contributed by atoms with Crippen molar-refractivity contribution in [2.45, 2.75) is 6.42 Å². The van der Waals surface area contributed by atoms with Crippen LogP contribution in [0.1, 0.15) is 16.8 Å². The van der Waals surface area contributed by atoms with Crippen LogP contribution in [0.25, 0.3) is 0 Å². The zero-order chi connectivity index (χ0) is 12.3. The predicted molar refractivity (Wildman–Crippen MR) is 64.9 cm³/mol. The lowest BCUT2D eigenvalue weighted by atomic mass is 10.1. The Morgan fingerprint density at radius 2 is 2.53 bits per heavy atom. The van der Waals surface area contributed by atoms with Crippen molar-refractivity contribution in [3.8, 4) is 0 Å². The number of anilines is 1. The van der Waals surface area contributed by atoms with E-state index in [1.165, 1.54) is 0 Å². The van der Waals surface area contributed by atoms with Crippen LogP contribution < -0.4 is 5.32 Å². The number of aliphatic hydroxyl groups is 1. The topological polar surface area (TPSA) is 65.5 Å². The van der Waals surface area contributed by atoms with Crippen LogP contribution >= 0.6 is 0 Å². The van der Waals surface area contributed by atoms with Gasteiger partial charge in [-0.3, -0.25) is 4.79 Å². The average molecular weight is 235 g/mol. The van der Waals surface area contributed by atoms with Gasteiger partial charge in [-0.2, -0.15) is 0 Å². The number of nitrogens with one attached hydrogen (secondary N) is 1.